The van der Waals surface area contributed by atoms with Crippen molar-refractivity contribution in [3.63, 3.8) is 0 Å². The molecule has 1 aliphatic rings. The minimum absolute atomic E-state index is 0.0734. The van der Waals surface area contributed by atoms with Gasteiger partial charge in [0.1, 0.15) is 5.52 Å². The van der Waals surface area contributed by atoms with E-state index in [1.165, 1.54) is 0 Å². The van der Waals surface area contributed by atoms with E-state index < -0.39 is 6.10 Å². The van der Waals surface area contributed by atoms with Crippen LogP contribution in [-0.2, 0) is 21.3 Å². The van der Waals surface area contributed by atoms with Gasteiger partial charge in [0.25, 0.3) is 0 Å². The first-order chi connectivity index (χ1) is 10.7. The highest BCUT2D eigenvalue weighted by molar-refractivity contribution is 5.75. The first kappa shape index (κ1) is 14.7. The van der Waals surface area contributed by atoms with Gasteiger partial charge in [-0.15, -0.1) is 0 Å². The Bertz CT molecular complexity index is 672. The summed E-state index contributed by atoms with van der Waals surface area (Å²) in [6.07, 6.45) is 4.25. The first-order valence-corrected chi connectivity index (χ1v) is 7.36. The molecule has 22 heavy (non-hydrogen) atoms. The summed E-state index contributed by atoms with van der Waals surface area (Å²) in [7, 11) is 1.90. The topological polar surface area (TPSA) is 91.2 Å². The van der Waals surface area contributed by atoms with Gasteiger partial charge in [-0.2, -0.15) is 4.98 Å². The summed E-state index contributed by atoms with van der Waals surface area (Å²) in [4.78, 5) is 24.7. The van der Waals surface area contributed by atoms with Crippen molar-refractivity contribution < 1.29 is 14.3 Å². The molecule has 0 unspecified atom stereocenters. The number of esters is 1. The van der Waals surface area contributed by atoms with Gasteiger partial charge in [-0.1, -0.05) is 0 Å². The number of nitrogens with zero attached hydrogens (tertiary/aromatic N) is 4. The summed E-state index contributed by atoms with van der Waals surface area (Å²) in [6.45, 7) is 2.65. The highest BCUT2D eigenvalue weighted by Crippen LogP contribution is 2.19. The largest absolute Gasteiger partial charge is 0.464 e. The average Bonchev–Trinajstić information content (AvgIpc) is 2.89. The molecule has 3 heterocycles. The molecule has 8 nitrogen and oxygen atoms in total. The van der Waals surface area contributed by atoms with Gasteiger partial charge in [-0.3, -0.25) is 0 Å². The molecule has 2 aromatic rings. The molecule has 1 saturated heterocycles. The molecule has 118 valence electrons. The van der Waals surface area contributed by atoms with Crippen molar-refractivity contribution in [3.05, 3.63) is 12.5 Å². The molecule has 2 aromatic heterocycles. The number of rotatable bonds is 4. The molecule has 8 heteroatoms. The van der Waals surface area contributed by atoms with E-state index in [1.807, 2.05) is 11.6 Å². The Hall–Kier alpha value is -2.22. The van der Waals surface area contributed by atoms with Crippen molar-refractivity contribution in [3.8, 4) is 0 Å². The maximum Gasteiger partial charge on any atom is 0.335 e. The van der Waals surface area contributed by atoms with Crippen LogP contribution in [0, 0.1) is 0 Å². The summed E-state index contributed by atoms with van der Waals surface area (Å²) < 4.78 is 12.3. The predicted octanol–water partition coefficient (Wildman–Crippen LogP) is 0.886. The van der Waals surface area contributed by atoms with E-state index in [0.29, 0.717) is 31.2 Å². The maximum absolute atomic E-state index is 11.8. The molecule has 0 radical (unpaired) electrons. The third kappa shape index (κ3) is 3.01. The molecule has 1 N–H and O–H groups in total. The molecule has 0 spiro atoms. The van der Waals surface area contributed by atoms with Crippen LogP contribution < -0.4 is 5.32 Å². The Morgan fingerprint density at radius 1 is 1.55 bits per heavy atom. The molecule has 0 bridgehead atoms. The molecule has 0 amide bonds. The van der Waals surface area contributed by atoms with Gasteiger partial charge < -0.3 is 19.4 Å². The number of nitrogens with one attached hydrogen (secondary N) is 1. The highest BCUT2D eigenvalue weighted by atomic mass is 16.6. The first-order valence-electron chi connectivity index (χ1n) is 7.36. The van der Waals surface area contributed by atoms with Gasteiger partial charge in [0.05, 0.1) is 19.1 Å². The number of anilines is 1. The van der Waals surface area contributed by atoms with Gasteiger partial charge in [0.2, 0.25) is 5.95 Å². The van der Waals surface area contributed by atoms with E-state index >= 15 is 0 Å². The van der Waals surface area contributed by atoms with Crippen LogP contribution >= 0.6 is 0 Å². The minimum atomic E-state index is -0.523. The van der Waals surface area contributed by atoms with Crippen LogP contribution in [0.25, 0.3) is 11.2 Å². The van der Waals surface area contributed by atoms with E-state index in [1.54, 1.807) is 19.4 Å². The quantitative estimate of drug-likeness (QED) is 0.839. The molecule has 1 fully saturated rings. The van der Waals surface area contributed by atoms with Crippen molar-refractivity contribution in [2.24, 2.45) is 7.05 Å². The van der Waals surface area contributed by atoms with Crippen LogP contribution in [0.4, 0.5) is 5.95 Å². The van der Waals surface area contributed by atoms with Gasteiger partial charge in [-0.25, -0.2) is 14.8 Å². The molecular formula is C14H19N5O3. The SMILES string of the molecule is CCOC(=O)[C@@H]1C[C@@H](Nc2ncc3c(ncn3C)n2)CCO1. The number of carbonyl (C=O) groups is 1. The third-order valence-electron chi connectivity index (χ3n) is 3.65. The standard InChI is InChI=1S/C14H19N5O3/c1-3-21-13(20)11-6-9(4-5-22-11)17-14-15-7-10-12(18-14)16-8-19(10)2/h7-9,11H,3-6H2,1-2H3,(H,15,17,18)/t9-,11-/m0/s1. The third-order valence-corrected chi connectivity index (χ3v) is 3.65. The van der Waals surface area contributed by atoms with E-state index in [4.69, 9.17) is 9.47 Å². The Kier molecular flexibility index (Phi) is 4.19. The van der Waals surface area contributed by atoms with Crippen LogP contribution in [0.2, 0.25) is 0 Å². The highest BCUT2D eigenvalue weighted by Gasteiger charge is 2.29. The van der Waals surface area contributed by atoms with Crippen molar-refractivity contribution in [2.75, 3.05) is 18.5 Å². The predicted molar refractivity (Wildman–Crippen MR) is 79.3 cm³/mol. The van der Waals surface area contributed by atoms with Gasteiger partial charge in [-0.05, 0) is 13.3 Å². The second-order valence-electron chi connectivity index (χ2n) is 5.24. The fourth-order valence-electron chi connectivity index (χ4n) is 2.49. The minimum Gasteiger partial charge on any atom is -0.464 e. The Morgan fingerprint density at radius 3 is 3.23 bits per heavy atom. The Morgan fingerprint density at radius 2 is 2.41 bits per heavy atom. The monoisotopic (exact) mass is 305 g/mol. The fraction of sp³-hybridized carbons (Fsp3) is 0.571. The maximum atomic E-state index is 11.8. The zero-order chi connectivity index (χ0) is 15.5. The molecular weight excluding hydrogens is 286 g/mol. The summed E-state index contributed by atoms with van der Waals surface area (Å²) in [5.41, 5.74) is 1.52. The van der Waals surface area contributed by atoms with Crippen molar-refractivity contribution in [1.29, 1.82) is 0 Å². The molecule has 2 atom stereocenters. The van der Waals surface area contributed by atoms with E-state index in [0.717, 1.165) is 11.9 Å². The van der Waals surface area contributed by atoms with Gasteiger partial charge in [0, 0.05) is 26.1 Å². The van der Waals surface area contributed by atoms with Gasteiger partial charge in [0.15, 0.2) is 11.8 Å². The number of ether oxygens (including phenoxy) is 2. The lowest BCUT2D eigenvalue weighted by Crippen LogP contribution is -2.39. The lowest BCUT2D eigenvalue weighted by molar-refractivity contribution is -0.159. The zero-order valence-corrected chi connectivity index (χ0v) is 12.7. The summed E-state index contributed by atoms with van der Waals surface area (Å²) >= 11 is 0. The molecule has 0 aliphatic carbocycles. The molecule has 3 rings (SSSR count). The van der Waals surface area contributed by atoms with Gasteiger partial charge >= 0.3 is 5.97 Å². The van der Waals surface area contributed by atoms with Crippen LogP contribution in [-0.4, -0.2) is 50.8 Å². The second kappa shape index (κ2) is 6.27. The van der Waals surface area contributed by atoms with Crippen LogP contribution in [0.5, 0.6) is 0 Å². The molecule has 0 aromatic carbocycles. The van der Waals surface area contributed by atoms with Crippen LogP contribution in [0.1, 0.15) is 19.8 Å². The lowest BCUT2D eigenvalue weighted by atomic mass is 10.0. The summed E-state index contributed by atoms with van der Waals surface area (Å²) in [6, 6.07) is 0.0734. The lowest BCUT2D eigenvalue weighted by Gasteiger charge is -2.28. The van der Waals surface area contributed by atoms with Crippen LogP contribution in [0.3, 0.4) is 0 Å². The Labute approximate surface area is 127 Å². The average molecular weight is 305 g/mol. The zero-order valence-electron chi connectivity index (χ0n) is 12.7. The number of hydrogen-bond donors (Lipinski definition) is 1. The van der Waals surface area contributed by atoms with E-state index in [2.05, 4.69) is 20.3 Å². The smallest absolute Gasteiger partial charge is 0.335 e. The Balaban J connectivity index is 1.67. The number of imidazole rings is 1. The normalized spacial score (nSPS) is 21.7. The van der Waals surface area contributed by atoms with E-state index in [-0.39, 0.29) is 12.0 Å². The second-order valence-corrected chi connectivity index (χ2v) is 5.24. The molecule has 1 aliphatic heterocycles. The number of hydrogen-bond acceptors (Lipinski definition) is 7. The number of aromatic nitrogens is 4. The van der Waals surface area contributed by atoms with Crippen molar-refractivity contribution in [1.82, 2.24) is 19.5 Å². The van der Waals surface area contributed by atoms with Crippen molar-refractivity contribution >= 4 is 23.1 Å². The number of aryl methyl sites for hydroxylation is 1. The van der Waals surface area contributed by atoms with Crippen molar-refractivity contribution in [2.45, 2.75) is 31.9 Å². The number of fused-ring (bicyclic) bond motifs is 1. The summed E-state index contributed by atoms with van der Waals surface area (Å²) in [5, 5.41) is 3.25. The molecule has 0 saturated carbocycles. The summed E-state index contributed by atoms with van der Waals surface area (Å²) in [5.74, 6) is 0.204. The number of carbonyl (C=O) groups excluding carboxylic acids is 1. The van der Waals surface area contributed by atoms with E-state index in [9.17, 15) is 4.79 Å². The van der Waals surface area contributed by atoms with Crippen LogP contribution in [0.15, 0.2) is 12.5 Å². The fourth-order valence-corrected chi connectivity index (χ4v) is 2.49.